The zero-order valence-corrected chi connectivity index (χ0v) is 18.8. The number of rotatable bonds is 7. The molecule has 30 heavy (non-hydrogen) atoms. The Bertz CT molecular complexity index is 1130. The summed E-state index contributed by atoms with van der Waals surface area (Å²) in [5, 5.41) is 14.5. The van der Waals surface area contributed by atoms with Gasteiger partial charge in [0.2, 0.25) is 20.9 Å². The molecule has 0 heterocycles. The first-order valence-corrected chi connectivity index (χ1v) is 11.9. The van der Waals surface area contributed by atoms with E-state index in [4.69, 9.17) is 5.14 Å². The average Bonchev–Trinajstić information content (AvgIpc) is 2.66. The molecule has 2 rings (SSSR count). The fourth-order valence-corrected chi connectivity index (χ4v) is 4.10. The standard InChI is InChI=1S/C21H26N2O5S2/c1-21(2,3)12-10-16-4-6-17(7-5-16)11-13-23(29(25)26)19-9-8-18(15-24)14-20(19)30(22,27)28/h4-9,14,24,29H,11,13,15H2,1-3H3,(H2,22,27,28). The minimum atomic E-state index is -4.19. The maximum Gasteiger partial charge on any atom is 0.240 e. The highest BCUT2D eigenvalue weighted by Crippen LogP contribution is 2.26. The first-order valence-electron chi connectivity index (χ1n) is 9.21. The quantitative estimate of drug-likeness (QED) is 0.439. The van der Waals surface area contributed by atoms with Gasteiger partial charge in [0.15, 0.2) is 0 Å². The Balaban J connectivity index is 2.27. The van der Waals surface area contributed by atoms with Crippen molar-refractivity contribution in [3.63, 3.8) is 0 Å². The van der Waals surface area contributed by atoms with E-state index in [0.717, 1.165) is 15.4 Å². The first kappa shape index (κ1) is 23.9. The maximum absolute atomic E-state index is 12.0. The number of hydrogen-bond acceptors (Lipinski definition) is 5. The third-order valence-corrected chi connectivity index (χ3v) is 5.89. The zero-order valence-electron chi connectivity index (χ0n) is 17.1. The van der Waals surface area contributed by atoms with E-state index < -0.39 is 27.5 Å². The van der Waals surface area contributed by atoms with Crippen molar-refractivity contribution in [3.8, 4) is 11.8 Å². The molecule has 3 N–H and O–H groups in total. The Hall–Kier alpha value is -2.38. The number of nitrogens with zero attached hydrogens (tertiary/aromatic N) is 1. The zero-order chi connectivity index (χ0) is 22.5. The van der Waals surface area contributed by atoms with Gasteiger partial charge in [0, 0.05) is 17.5 Å². The SMILES string of the molecule is CC(C)(C)C#Cc1ccc(CCN(c2ccc(CO)cc2S(N)(=O)=O)[SH](=O)=O)cc1. The van der Waals surface area contributed by atoms with Gasteiger partial charge in [0.05, 0.1) is 12.3 Å². The molecule has 0 radical (unpaired) electrons. The van der Waals surface area contributed by atoms with E-state index in [1.165, 1.54) is 18.2 Å². The number of aliphatic hydroxyl groups excluding tert-OH is 1. The highest BCUT2D eigenvalue weighted by Gasteiger charge is 2.21. The van der Waals surface area contributed by atoms with Gasteiger partial charge in [-0.1, -0.05) is 30.0 Å². The fourth-order valence-electron chi connectivity index (χ4n) is 2.64. The lowest BCUT2D eigenvalue weighted by atomic mass is 9.97. The Morgan fingerprint density at radius 1 is 1.07 bits per heavy atom. The van der Waals surface area contributed by atoms with Crippen LogP contribution in [-0.4, -0.2) is 28.5 Å². The van der Waals surface area contributed by atoms with Crippen molar-refractivity contribution in [3.05, 3.63) is 59.2 Å². The summed E-state index contributed by atoms with van der Waals surface area (Å²) in [6.07, 6.45) is 0.363. The minimum Gasteiger partial charge on any atom is -0.392 e. The molecular weight excluding hydrogens is 424 g/mol. The molecule has 0 aliphatic rings. The predicted octanol–water partition coefficient (Wildman–Crippen LogP) is 1.80. The number of nitrogens with two attached hydrogens (primary N) is 1. The van der Waals surface area contributed by atoms with Crippen LogP contribution >= 0.6 is 0 Å². The number of hydrogen-bond donors (Lipinski definition) is 3. The largest absolute Gasteiger partial charge is 0.392 e. The molecule has 0 amide bonds. The van der Waals surface area contributed by atoms with E-state index in [0.29, 0.717) is 12.0 Å². The van der Waals surface area contributed by atoms with Crippen LogP contribution in [0.4, 0.5) is 5.69 Å². The molecule has 2 aromatic rings. The van der Waals surface area contributed by atoms with Crippen LogP contribution in [0, 0.1) is 17.3 Å². The van der Waals surface area contributed by atoms with Crippen LogP contribution < -0.4 is 9.44 Å². The highest BCUT2D eigenvalue weighted by atomic mass is 32.2. The molecule has 2 aromatic carbocycles. The summed E-state index contributed by atoms with van der Waals surface area (Å²) >= 11 is 0. The minimum absolute atomic E-state index is 0.0344. The van der Waals surface area contributed by atoms with Crippen molar-refractivity contribution in [2.24, 2.45) is 10.6 Å². The lowest BCUT2D eigenvalue weighted by Crippen LogP contribution is -2.27. The van der Waals surface area contributed by atoms with E-state index >= 15 is 0 Å². The topological polar surface area (TPSA) is 118 Å². The highest BCUT2D eigenvalue weighted by molar-refractivity contribution is 7.89. The summed E-state index contributed by atoms with van der Waals surface area (Å²) in [5.41, 5.74) is 1.90. The monoisotopic (exact) mass is 450 g/mol. The molecule has 0 saturated heterocycles. The van der Waals surface area contributed by atoms with E-state index in [1.807, 2.05) is 45.0 Å². The normalized spacial score (nSPS) is 11.8. The number of benzene rings is 2. The Morgan fingerprint density at radius 3 is 2.17 bits per heavy atom. The fraction of sp³-hybridized carbons (Fsp3) is 0.333. The Kier molecular flexibility index (Phi) is 7.66. The molecule has 9 heteroatoms. The Morgan fingerprint density at radius 2 is 1.67 bits per heavy atom. The maximum atomic E-state index is 12.0. The summed E-state index contributed by atoms with van der Waals surface area (Å²) in [5.74, 6) is 6.25. The van der Waals surface area contributed by atoms with Crippen molar-refractivity contribution in [1.82, 2.24) is 0 Å². The first-order chi connectivity index (χ1) is 13.9. The van der Waals surface area contributed by atoms with Crippen LogP contribution in [0.2, 0.25) is 0 Å². The molecule has 0 saturated carbocycles. The van der Waals surface area contributed by atoms with Crippen LogP contribution in [0.5, 0.6) is 0 Å². The summed E-state index contributed by atoms with van der Waals surface area (Å²) in [4.78, 5) is -0.346. The molecule has 0 bridgehead atoms. The predicted molar refractivity (Wildman–Crippen MR) is 118 cm³/mol. The van der Waals surface area contributed by atoms with Gasteiger partial charge < -0.3 is 5.11 Å². The average molecular weight is 451 g/mol. The van der Waals surface area contributed by atoms with E-state index in [1.54, 1.807) is 0 Å². The van der Waals surface area contributed by atoms with Crippen molar-refractivity contribution in [1.29, 1.82) is 0 Å². The molecule has 0 aromatic heterocycles. The Labute approximate surface area is 179 Å². The van der Waals surface area contributed by atoms with Gasteiger partial charge in [-0.05, 0) is 62.6 Å². The summed E-state index contributed by atoms with van der Waals surface area (Å²) in [6.45, 7) is 5.71. The number of sulfonamides is 1. The summed E-state index contributed by atoms with van der Waals surface area (Å²) in [6, 6.07) is 11.4. The second kappa shape index (κ2) is 9.62. The third-order valence-electron chi connectivity index (χ3n) is 4.14. The number of anilines is 1. The molecule has 7 nitrogen and oxygen atoms in total. The molecule has 0 spiro atoms. The number of primary sulfonamides is 1. The molecule has 162 valence electrons. The number of aliphatic hydroxyl groups is 1. The lowest BCUT2D eigenvalue weighted by Gasteiger charge is -2.21. The third kappa shape index (κ3) is 6.85. The molecular formula is C21H26N2O5S2. The smallest absolute Gasteiger partial charge is 0.240 e. The van der Waals surface area contributed by atoms with Crippen LogP contribution in [0.25, 0.3) is 0 Å². The molecule has 0 aliphatic carbocycles. The van der Waals surface area contributed by atoms with Gasteiger partial charge in [-0.25, -0.2) is 22.0 Å². The van der Waals surface area contributed by atoms with Crippen molar-refractivity contribution < 1.29 is 21.9 Å². The summed E-state index contributed by atoms with van der Waals surface area (Å²) < 4.78 is 48.6. The second-order valence-electron chi connectivity index (χ2n) is 7.81. The summed E-state index contributed by atoms with van der Waals surface area (Å²) in [7, 11) is -7.30. The van der Waals surface area contributed by atoms with Crippen LogP contribution in [-0.2, 0) is 33.9 Å². The van der Waals surface area contributed by atoms with Crippen molar-refractivity contribution >= 4 is 26.6 Å². The lowest BCUT2D eigenvalue weighted by molar-refractivity contribution is 0.281. The van der Waals surface area contributed by atoms with Crippen LogP contribution in [0.3, 0.4) is 0 Å². The van der Waals surface area contributed by atoms with Gasteiger partial charge in [-0.3, -0.25) is 4.31 Å². The van der Waals surface area contributed by atoms with E-state index in [2.05, 4.69) is 11.8 Å². The van der Waals surface area contributed by atoms with Gasteiger partial charge in [0.25, 0.3) is 0 Å². The molecule has 0 unspecified atom stereocenters. The van der Waals surface area contributed by atoms with E-state index in [-0.39, 0.29) is 22.5 Å². The van der Waals surface area contributed by atoms with Gasteiger partial charge >= 0.3 is 0 Å². The molecule has 0 atom stereocenters. The van der Waals surface area contributed by atoms with Crippen LogP contribution in [0.1, 0.15) is 37.5 Å². The van der Waals surface area contributed by atoms with Gasteiger partial charge in [-0.2, -0.15) is 0 Å². The molecule has 0 aliphatic heterocycles. The van der Waals surface area contributed by atoms with Crippen molar-refractivity contribution in [2.75, 3.05) is 10.8 Å². The van der Waals surface area contributed by atoms with Crippen LogP contribution in [0.15, 0.2) is 47.4 Å². The molecule has 0 fully saturated rings. The van der Waals surface area contributed by atoms with Crippen molar-refractivity contribution in [2.45, 2.75) is 38.7 Å². The van der Waals surface area contributed by atoms with E-state index in [9.17, 15) is 21.9 Å². The van der Waals surface area contributed by atoms with Gasteiger partial charge in [-0.15, -0.1) is 0 Å². The second-order valence-corrected chi connectivity index (χ2v) is 10.3. The number of thiol groups is 1. The van der Waals surface area contributed by atoms with Gasteiger partial charge in [0.1, 0.15) is 4.90 Å².